The molecule has 0 N–H and O–H groups in total. The van der Waals surface area contributed by atoms with E-state index in [1.54, 1.807) is 24.3 Å². The Morgan fingerprint density at radius 3 is 2.56 bits per heavy atom. The molecule has 5 nitrogen and oxygen atoms in total. The second-order valence-electron chi connectivity index (χ2n) is 6.38. The molecule has 0 spiro atoms. The van der Waals surface area contributed by atoms with Gasteiger partial charge in [0.05, 0.1) is 16.1 Å². The molecule has 0 radical (unpaired) electrons. The number of carbonyl (C=O) groups excluding carboxylic acids is 1. The molecule has 3 aromatic carbocycles. The first-order valence-corrected chi connectivity index (χ1v) is 8.41. The number of aryl methyl sites for hydroxylation is 1. The van der Waals surface area contributed by atoms with Gasteiger partial charge in [-0.15, -0.1) is 0 Å². The fourth-order valence-corrected chi connectivity index (χ4v) is 3.09. The number of nitro benzene ring substituents is 1. The summed E-state index contributed by atoms with van der Waals surface area (Å²) in [5, 5.41) is 13.3. The molecule has 0 aromatic heterocycles. The van der Waals surface area contributed by atoms with Crippen LogP contribution in [0.3, 0.4) is 0 Å². The second-order valence-corrected chi connectivity index (χ2v) is 6.38. The fraction of sp³-hybridized carbons (Fsp3) is 0.0455. The minimum atomic E-state index is -0.521. The van der Waals surface area contributed by atoms with Crippen LogP contribution in [-0.4, -0.2) is 10.9 Å². The molecule has 1 aliphatic heterocycles. The molecular weight excluding hydrogens is 342 g/mol. The normalized spacial score (nSPS) is 15.1. The number of fused-ring (bicyclic) bond motifs is 1. The first-order valence-electron chi connectivity index (χ1n) is 8.41. The van der Waals surface area contributed by atoms with Gasteiger partial charge in [0.25, 0.3) is 5.69 Å². The monoisotopic (exact) mass is 357 g/mol. The summed E-state index contributed by atoms with van der Waals surface area (Å²) in [6.07, 6.45) is 3.10. The van der Waals surface area contributed by atoms with Gasteiger partial charge in [-0.05, 0) is 42.0 Å². The van der Waals surface area contributed by atoms with Crippen LogP contribution in [0.1, 0.15) is 16.7 Å². The molecular formula is C22H15NO4. The highest BCUT2D eigenvalue weighted by Crippen LogP contribution is 2.31. The van der Waals surface area contributed by atoms with Crippen molar-refractivity contribution in [2.45, 2.75) is 6.92 Å². The molecule has 3 aromatic rings. The highest BCUT2D eigenvalue weighted by atomic mass is 16.6. The molecule has 1 aliphatic rings. The van der Waals surface area contributed by atoms with Crippen molar-refractivity contribution in [1.29, 1.82) is 0 Å². The number of esters is 1. The van der Waals surface area contributed by atoms with Gasteiger partial charge in [0.2, 0.25) is 0 Å². The molecule has 0 atom stereocenters. The number of hydrogen-bond acceptors (Lipinski definition) is 4. The molecule has 0 saturated carbocycles. The number of para-hydroxylation sites is 1. The van der Waals surface area contributed by atoms with Crippen LogP contribution >= 0.6 is 0 Å². The fourth-order valence-electron chi connectivity index (χ4n) is 3.09. The van der Waals surface area contributed by atoms with Crippen molar-refractivity contribution in [3.63, 3.8) is 0 Å². The Morgan fingerprint density at radius 2 is 1.74 bits per heavy atom. The van der Waals surface area contributed by atoms with Crippen molar-refractivity contribution >= 4 is 34.3 Å². The number of cyclic esters (lactones) is 1. The van der Waals surface area contributed by atoms with Gasteiger partial charge < -0.3 is 4.74 Å². The zero-order chi connectivity index (χ0) is 19.0. The van der Waals surface area contributed by atoms with Gasteiger partial charge in [-0.3, -0.25) is 10.1 Å². The minimum absolute atomic E-state index is 0.0549. The Hall–Kier alpha value is -3.73. The summed E-state index contributed by atoms with van der Waals surface area (Å²) in [4.78, 5) is 22.9. The molecule has 132 valence electrons. The van der Waals surface area contributed by atoms with Crippen LogP contribution in [0.4, 0.5) is 5.69 Å². The van der Waals surface area contributed by atoms with Crippen LogP contribution in [0.15, 0.2) is 72.3 Å². The summed E-state index contributed by atoms with van der Waals surface area (Å²) in [6, 6.07) is 18.3. The summed E-state index contributed by atoms with van der Waals surface area (Å²) >= 11 is 0. The number of nitro groups is 1. The first kappa shape index (κ1) is 16.7. The lowest BCUT2D eigenvalue weighted by Crippen LogP contribution is -1.98. The van der Waals surface area contributed by atoms with Gasteiger partial charge >= 0.3 is 5.97 Å². The molecule has 0 fully saturated rings. The van der Waals surface area contributed by atoms with E-state index in [0.717, 1.165) is 16.3 Å². The zero-order valence-corrected chi connectivity index (χ0v) is 14.5. The molecule has 1 heterocycles. The summed E-state index contributed by atoms with van der Waals surface area (Å²) in [5.74, 6) is -0.0838. The molecule has 0 saturated heterocycles. The Balaban J connectivity index is 1.73. The summed E-state index contributed by atoms with van der Waals surface area (Å²) < 4.78 is 5.39. The zero-order valence-electron chi connectivity index (χ0n) is 14.5. The maximum atomic E-state index is 12.2. The lowest BCUT2D eigenvalue weighted by Gasteiger charge is -2.05. The lowest BCUT2D eigenvalue weighted by molar-refractivity contribution is -0.385. The van der Waals surface area contributed by atoms with Crippen molar-refractivity contribution in [3.05, 3.63) is 99.1 Å². The van der Waals surface area contributed by atoms with Gasteiger partial charge in [-0.1, -0.05) is 48.0 Å². The van der Waals surface area contributed by atoms with Gasteiger partial charge in [-0.2, -0.15) is 0 Å². The van der Waals surface area contributed by atoms with Gasteiger partial charge in [0.1, 0.15) is 5.76 Å². The van der Waals surface area contributed by atoms with Crippen molar-refractivity contribution < 1.29 is 14.5 Å². The van der Waals surface area contributed by atoms with Gasteiger partial charge in [0.15, 0.2) is 0 Å². The number of rotatable bonds is 3. The van der Waals surface area contributed by atoms with Crippen LogP contribution in [0.2, 0.25) is 0 Å². The molecule has 27 heavy (non-hydrogen) atoms. The van der Waals surface area contributed by atoms with E-state index < -0.39 is 10.9 Å². The minimum Gasteiger partial charge on any atom is -0.422 e. The molecule has 5 heteroatoms. The predicted molar refractivity (Wildman–Crippen MR) is 104 cm³/mol. The van der Waals surface area contributed by atoms with E-state index in [4.69, 9.17) is 4.74 Å². The predicted octanol–water partition coefficient (Wildman–Crippen LogP) is 5.04. The third kappa shape index (κ3) is 3.22. The van der Waals surface area contributed by atoms with E-state index in [9.17, 15) is 14.9 Å². The summed E-state index contributed by atoms with van der Waals surface area (Å²) in [6.45, 7) is 2.04. The molecule has 0 amide bonds. The van der Waals surface area contributed by atoms with E-state index >= 15 is 0 Å². The number of benzene rings is 3. The van der Waals surface area contributed by atoms with E-state index in [2.05, 4.69) is 6.07 Å². The SMILES string of the molecule is Cc1ccc2cc(C3=C/C(=C/c4ccccc4[N+](=O)[O-])C(=O)O3)ccc2c1. The molecule has 4 rings (SSSR count). The largest absolute Gasteiger partial charge is 0.422 e. The summed E-state index contributed by atoms with van der Waals surface area (Å²) in [7, 11) is 0. The highest BCUT2D eigenvalue weighted by Gasteiger charge is 2.23. The second kappa shape index (κ2) is 6.53. The van der Waals surface area contributed by atoms with Crippen molar-refractivity contribution in [3.8, 4) is 0 Å². The van der Waals surface area contributed by atoms with Crippen molar-refractivity contribution in [2.24, 2.45) is 0 Å². The van der Waals surface area contributed by atoms with Crippen LogP contribution in [-0.2, 0) is 9.53 Å². The van der Waals surface area contributed by atoms with E-state index in [1.165, 1.54) is 17.7 Å². The Labute approximate surface area is 155 Å². The number of carbonyl (C=O) groups is 1. The third-order valence-electron chi connectivity index (χ3n) is 4.45. The first-order chi connectivity index (χ1) is 13.0. The molecule has 0 aliphatic carbocycles. The van der Waals surface area contributed by atoms with Crippen LogP contribution < -0.4 is 0 Å². The maximum Gasteiger partial charge on any atom is 0.343 e. The number of ether oxygens (including phenoxy) is 1. The van der Waals surface area contributed by atoms with Crippen molar-refractivity contribution in [1.82, 2.24) is 0 Å². The number of hydrogen-bond donors (Lipinski definition) is 0. The smallest absolute Gasteiger partial charge is 0.343 e. The van der Waals surface area contributed by atoms with Gasteiger partial charge in [0, 0.05) is 11.6 Å². The van der Waals surface area contributed by atoms with Crippen LogP contribution in [0, 0.1) is 17.0 Å². The van der Waals surface area contributed by atoms with E-state index in [0.29, 0.717) is 11.3 Å². The van der Waals surface area contributed by atoms with E-state index in [-0.39, 0.29) is 11.3 Å². The maximum absolute atomic E-state index is 12.2. The average molecular weight is 357 g/mol. The van der Waals surface area contributed by atoms with Crippen molar-refractivity contribution in [2.75, 3.05) is 0 Å². The Morgan fingerprint density at radius 1 is 1.00 bits per heavy atom. The topological polar surface area (TPSA) is 69.4 Å². The quantitative estimate of drug-likeness (QED) is 0.285. The highest BCUT2D eigenvalue weighted by molar-refractivity contribution is 6.05. The third-order valence-corrected chi connectivity index (χ3v) is 4.45. The standard InChI is InChI=1S/C22H15NO4/c1-14-6-7-16-11-18(9-8-15(16)10-14)21-13-19(22(24)27-21)12-17-4-2-3-5-20(17)23(25)26/h2-13H,1H3/b19-12-. The lowest BCUT2D eigenvalue weighted by atomic mass is 10.0. The van der Waals surface area contributed by atoms with Crippen LogP contribution in [0.25, 0.3) is 22.6 Å². The Kier molecular flexibility index (Phi) is 4.05. The van der Waals surface area contributed by atoms with Crippen LogP contribution in [0.5, 0.6) is 0 Å². The molecule has 0 bridgehead atoms. The average Bonchev–Trinajstić information content (AvgIpc) is 3.02. The summed E-state index contributed by atoms with van der Waals surface area (Å²) in [5.41, 5.74) is 2.55. The van der Waals surface area contributed by atoms with E-state index in [1.807, 2.05) is 37.3 Å². The molecule has 0 unspecified atom stereocenters. The van der Waals surface area contributed by atoms with Gasteiger partial charge in [-0.25, -0.2) is 4.79 Å². The Bertz CT molecular complexity index is 1160. The number of nitrogens with zero attached hydrogens (tertiary/aromatic N) is 1.